The van der Waals surface area contributed by atoms with Crippen LogP contribution in [0.15, 0.2) is 11.8 Å². The summed E-state index contributed by atoms with van der Waals surface area (Å²) in [5.74, 6) is 1.08. The Morgan fingerprint density at radius 2 is 1.76 bits per heavy atom. The van der Waals surface area contributed by atoms with Crippen LogP contribution < -0.4 is 4.90 Å². The molecular weight excluding hydrogens is 256 g/mol. The molecule has 21 heavy (non-hydrogen) atoms. The number of hydrogen-bond donors (Lipinski definition) is 0. The van der Waals surface area contributed by atoms with Gasteiger partial charge in [-0.2, -0.15) is 0 Å². The highest BCUT2D eigenvalue weighted by Crippen LogP contribution is 2.42. The molecule has 2 rings (SSSR count). The molecule has 0 bridgehead atoms. The average molecular weight is 286 g/mol. The smallest absolute Gasteiger partial charge is 0.0514 e. The number of fused-ring (bicyclic) bond motifs is 1. The minimum absolute atomic E-state index is 0.495. The molecule has 2 nitrogen and oxygen atoms in total. The maximum atomic E-state index is 4.70. The van der Waals surface area contributed by atoms with Gasteiger partial charge >= 0.3 is 0 Å². The van der Waals surface area contributed by atoms with Crippen molar-refractivity contribution in [1.82, 2.24) is 4.98 Å². The highest BCUT2D eigenvalue weighted by Gasteiger charge is 2.28. The third-order valence-electron chi connectivity index (χ3n) is 4.98. The van der Waals surface area contributed by atoms with Gasteiger partial charge in [-0.25, -0.2) is 0 Å². The summed E-state index contributed by atoms with van der Waals surface area (Å²) in [6.45, 7) is 19.3. The van der Waals surface area contributed by atoms with E-state index in [0.29, 0.717) is 17.9 Å². The second kappa shape index (κ2) is 5.82. The summed E-state index contributed by atoms with van der Waals surface area (Å²) in [4.78, 5) is 7.29. The maximum Gasteiger partial charge on any atom is 0.0514 e. The zero-order valence-electron chi connectivity index (χ0n) is 14.9. The molecule has 1 aliphatic heterocycles. The first-order valence-corrected chi connectivity index (χ1v) is 8.19. The van der Waals surface area contributed by atoms with Crippen molar-refractivity contribution in [3.63, 3.8) is 0 Å². The largest absolute Gasteiger partial charge is 0.368 e. The van der Waals surface area contributed by atoms with Crippen LogP contribution in [0.3, 0.4) is 0 Å². The standard InChI is InChI=1S/C19H30N2/c1-11(2)17-9-20-16(8)18-15(7)14(6)13(5)10-21(12(3)4)19(17)18/h9,11-13H,10H2,1-8H3/t13-/m1/s1. The van der Waals surface area contributed by atoms with Gasteiger partial charge in [0.15, 0.2) is 0 Å². The second-order valence-corrected chi connectivity index (χ2v) is 7.13. The minimum Gasteiger partial charge on any atom is -0.368 e. The van der Waals surface area contributed by atoms with E-state index in [-0.39, 0.29) is 0 Å². The number of nitrogens with zero attached hydrogens (tertiary/aromatic N) is 2. The fourth-order valence-electron chi connectivity index (χ4n) is 3.35. The molecule has 0 aromatic carbocycles. The molecule has 0 spiro atoms. The van der Waals surface area contributed by atoms with Crippen LogP contribution >= 0.6 is 0 Å². The highest BCUT2D eigenvalue weighted by molar-refractivity contribution is 5.82. The first-order chi connectivity index (χ1) is 9.75. The molecule has 2 heteroatoms. The summed E-state index contributed by atoms with van der Waals surface area (Å²) < 4.78 is 0. The second-order valence-electron chi connectivity index (χ2n) is 7.13. The first kappa shape index (κ1) is 16.1. The molecule has 0 saturated heterocycles. The first-order valence-electron chi connectivity index (χ1n) is 8.19. The Hall–Kier alpha value is -1.31. The Kier molecular flexibility index (Phi) is 4.46. The lowest BCUT2D eigenvalue weighted by Crippen LogP contribution is -2.35. The van der Waals surface area contributed by atoms with Gasteiger partial charge in [-0.1, -0.05) is 26.3 Å². The van der Waals surface area contributed by atoms with Gasteiger partial charge in [0.2, 0.25) is 0 Å². The number of pyridine rings is 1. The van der Waals surface area contributed by atoms with E-state index >= 15 is 0 Å². The highest BCUT2D eigenvalue weighted by atomic mass is 15.2. The molecule has 0 saturated carbocycles. The summed E-state index contributed by atoms with van der Waals surface area (Å²) in [7, 11) is 0. The fourth-order valence-corrected chi connectivity index (χ4v) is 3.35. The SMILES string of the molecule is CC1=C(C)[C@H](C)CN(C(C)C)c2c(C(C)C)cnc(C)c21. The molecule has 0 radical (unpaired) electrons. The van der Waals surface area contributed by atoms with Crippen LogP contribution in [0.25, 0.3) is 5.57 Å². The third-order valence-corrected chi connectivity index (χ3v) is 4.98. The Labute approximate surface area is 130 Å². The number of rotatable bonds is 2. The van der Waals surface area contributed by atoms with Gasteiger partial charge in [0, 0.05) is 30.0 Å². The maximum absolute atomic E-state index is 4.70. The molecule has 116 valence electrons. The third kappa shape index (κ3) is 2.73. The quantitative estimate of drug-likeness (QED) is 0.745. The Balaban J connectivity index is 2.82. The molecule has 0 amide bonds. The van der Waals surface area contributed by atoms with E-state index in [9.17, 15) is 0 Å². The van der Waals surface area contributed by atoms with Crippen LogP contribution in [0.4, 0.5) is 5.69 Å². The van der Waals surface area contributed by atoms with Gasteiger partial charge in [-0.05, 0) is 57.6 Å². The van der Waals surface area contributed by atoms with Crippen molar-refractivity contribution in [2.45, 2.75) is 67.3 Å². The number of aromatic nitrogens is 1. The molecule has 1 aliphatic rings. The van der Waals surface area contributed by atoms with Crippen molar-refractivity contribution in [3.8, 4) is 0 Å². The van der Waals surface area contributed by atoms with Crippen molar-refractivity contribution in [2.24, 2.45) is 5.92 Å². The normalized spacial score (nSPS) is 19.3. The number of anilines is 1. The monoisotopic (exact) mass is 286 g/mol. The zero-order chi connectivity index (χ0) is 15.9. The van der Waals surface area contributed by atoms with Crippen molar-refractivity contribution in [1.29, 1.82) is 0 Å². The average Bonchev–Trinajstić information content (AvgIpc) is 2.50. The van der Waals surface area contributed by atoms with Crippen LogP contribution in [0.1, 0.15) is 71.2 Å². The van der Waals surface area contributed by atoms with E-state index in [1.54, 1.807) is 0 Å². The van der Waals surface area contributed by atoms with Crippen molar-refractivity contribution in [3.05, 3.63) is 28.6 Å². The fraction of sp³-hybridized carbons (Fsp3) is 0.632. The van der Waals surface area contributed by atoms with E-state index < -0.39 is 0 Å². The lowest BCUT2D eigenvalue weighted by atomic mass is 9.92. The van der Waals surface area contributed by atoms with Crippen LogP contribution in [-0.2, 0) is 0 Å². The lowest BCUT2D eigenvalue weighted by Gasteiger charge is -2.34. The molecule has 1 aromatic rings. The summed E-state index contributed by atoms with van der Waals surface area (Å²) >= 11 is 0. The molecule has 0 fully saturated rings. The predicted molar refractivity (Wildman–Crippen MR) is 93.0 cm³/mol. The minimum atomic E-state index is 0.495. The number of allylic oxidation sites excluding steroid dienone is 1. The van der Waals surface area contributed by atoms with Crippen molar-refractivity contribution >= 4 is 11.3 Å². The zero-order valence-corrected chi connectivity index (χ0v) is 14.9. The van der Waals surface area contributed by atoms with Crippen molar-refractivity contribution < 1.29 is 0 Å². The molecule has 1 aromatic heterocycles. The van der Waals surface area contributed by atoms with E-state index in [2.05, 4.69) is 66.5 Å². The van der Waals surface area contributed by atoms with Crippen LogP contribution in [0.2, 0.25) is 0 Å². The molecule has 0 N–H and O–H groups in total. The summed E-state index contributed by atoms with van der Waals surface area (Å²) in [5, 5.41) is 0. The van der Waals surface area contributed by atoms with Gasteiger partial charge in [-0.3, -0.25) is 4.98 Å². The van der Waals surface area contributed by atoms with Gasteiger partial charge in [0.05, 0.1) is 5.69 Å². The lowest BCUT2D eigenvalue weighted by molar-refractivity contribution is 0.590. The molecule has 0 aliphatic carbocycles. The summed E-state index contributed by atoms with van der Waals surface area (Å²) in [6, 6.07) is 0.504. The van der Waals surface area contributed by atoms with Crippen molar-refractivity contribution in [2.75, 3.05) is 11.4 Å². The van der Waals surface area contributed by atoms with Crippen LogP contribution in [0.5, 0.6) is 0 Å². The number of hydrogen-bond acceptors (Lipinski definition) is 2. The Bertz CT molecular complexity index is 567. The van der Waals surface area contributed by atoms with Gasteiger partial charge in [0.25, 0.3) is 0 Å². The Morgan fingerprint density at radius 3 is 2.29 bits per heavy atom. The summed E-state index contributed by atoms with van der Waals surface area (Å²) in [5.41, 5.74) is 8.26. The Morgan fingerprint density at radius 1 is 1.14 bits per heavy atom. The van der Waals surface area contributed by atoms with Gasteiger partial charge in [-0.15, -0.1) is 0 Å². The molecule has 2 heterocycles. The topological polar surface area (TPSA) is 16.1 Å². The molecular formula is C19H30N2. The van der Waals surface area contributed by atoms with Gasteiger partial charge < -0.3 is 4.90 Å². The van der Waals surface area contributed by atoms with E-state index in [4.69, 9.17) is 4.98 Å². The van der Waals surface area contributed by atoms with E-state index in [0.717, 1.165) is 12.2 Å². The molecule has 0 unspecified atom stereocenters. The van der Waals surface area contributed by atoms with E-state index in [1.165, 1.54) is 28.0 Å². The van der Waals surface area contributed by atoms with Crippen LogP contribution in [0, 0.1) is 12.8 Å². The predicted octanol–water partition coefficient (Wildman–Crippen LogP) is 5.17. The molecule has 1 atom stereocenters. The van der Waals surface area contributed by atoms with Gasteiger partial charge in [0.1, 0.15) is 0 Å². The summed E-state index contributed by atoms with van der Waals surface area (Å²) in [6.07, 6.45) is 2.09. The van der Waals surface area contributed by atoms with Crippen LogP contribution in [-0.4, -0.2) is 17.6 Å². The number of aryl methyl sites for hydroxylation is 1. The van der Waals surface area contributed by atoms with E-state index in [1.807, 2.05) is 0 Å².